The van der Waals surface area contributed by atoms with Gasteiger partial charge in [-0.1, -0.05) is 6.07 Å². The minimum atomic E-state index is -0.528. The summed E-state index contributed by atoms with van der Waals surface area (Å²) in [4.78, 5) is 21.3. The van der Waals surface area contributed by atoms with E-state index in [1.54, 1.807) is 11.0 Å². The zero-order valence-corrected chi connectivity index (χ0v) is 15.4. The highest BCUT2D eigenvalue weighted by atomic mass is 19.1. The maximum Gasteiger partial charge on any atom is 0.254 e. The first-order valence-corrected chi connectivity index (χ1v) is 8.73. The minimum Gasteiger partial charge on any atom is -0.494 e. The van der Waals surface area contributed by atoms with Crippen molar-refractivity contribution >= 4 is 5.91 Å². The molecular weight excluding hydrogens is 333 g/mol. The number of pyridine rings is 1. The Morgan fingerprint density at radius 2 is 2.15 bits per heavy atom. The standard InChI is InChI=1S/C20H24FN3O2/c1-23(2)13-14-6-8-17(22-12-14)18-5-4-10-24(18)20(25)15-7-9-19(26-3)16(21)11-15/h6-9,11-12,18H,4-5,10,13H2,1-3H3. The number of likely N-dealkylation sites (tertiary alicyclic amines) is 1. The van der Waals surface area contributed by atoms with Crippen molar-refractivity contribution in [3.8, 4) is 5.75 Å². The van der Waals surface area contributed by atoms with E-state index in [0.717, 1.165) is 30.6 Å². The number of hydrogen-bond acceptors (Lipinski definition) is 4. The molecule has 0 radical (unpaired) electrons. The van der Waals surface area contributed by atoms with Crippen LogP contribution in [0.3, 0.4) is 0 Å². The second kappa shape index (κ2) is 7.83. The van der Waals surface area contributed by atoms with Crippen LogP contribution in [0.25, 0.3) is 0 Å². The third-order valence-corrected chi connectivity index (χ3v) is 4.60. The maximum atomic E-state index is 14.0. The monoisotopic (exact) mass is 357 g/mol. The summed E-state index contributed by atoms with van der Waals surface area (Å²) in [6, 6.07) is 8.31. The molecule has 6 heteroatoms. The number of carbonyl (C=O) groups is 1. The van der Waals surface area contributed by atoms with Crippen LogP contribution in [0.5, 0.6) is 5.75 Å². The molecule has 1 fully saturated rings. The zero-order chi connectivity index (χ0) is 18.7. The highest BCUT2D eigenvalue weighted by Gasteiger charge is 2.31. The van der Waals surface area contributed by atoms with Crippen LogP contribution in [-0.2, 0) is 6.54 Å². The van der Waals surface area contributed by atoms with Gasteiger partial charge in [0.1, 0.15) is 0 Å². The molecule has 1 atom stereocenters. The molecule has 0 saturated carbocycles. The number of hydrogen-bond donors (Lipinski definition) is 0. The second-order valence-corrected chi connectivity index (χ2v) is 6.83. The fourth-order valence-electron chi connectivity index (χ4n) is 3.37. The van der Waals surface area contributed by atoms with Crippen molar-refractivity contribution in [3.63, 3.8) is 0 Å². The Morgan fingerprint density at radius 3 is 2.77 bits per heavy atom. The Bertz CT molecular complexity index is 777. The van der Waals surface area contributed by atoms with Crippen LogP contribution >= 0.6 is 0 Å². The minimum absolute atomic E-state index is 0.0685. The summed E-state index contributed by atoms with van der Waals surface area (Å²) in [6.07, 6.45) is 3.64. The molecule has 5 nitrogen and oxygen atoms in total. The van der Waals surface area contributed by atoms with Crippen molar-refractivity contribution in [2.75, 3.05) is 27.7 Å². The molecule has 1 unspecified atom stereocenters. The molecular formula is C20H24FN3O2. The molecule has 1 saturated heterocycles. The second-order valence-electron chi connectivity index (χ2n) is 6.83. The lowest BCUT2D eigenvalue weighted by molar-refractivity contribution is 0.0732. The summed E-state index contributed by atoms with van der Waals surface area (Å²) in [5, 5.41) is 0. The van der Waals surface area contributed by atoms with Crippen LogP contribution in [0, 0.1) is 5.82 Å². The van der Waals surface area contributed by atoms with Crippen molar-refractivity contribution in [1.29, 1.82) is 0 Å². The van der Waals surface area contributed by atoms with E-state index >= 15 is 0 Å². The third-order valence-electron chi connectivity index (χ3n) is 4.60. The van der Waals surface area contributed by atoms with Crippen LogP contribution in [0.1, 0.15) is 40.5 Å². The molecule has 0 N–H and O–H groups in total. The molecule has 0 bridgehead atoms. The number of rotatable bonds is 5. The molecule has 1 amide bonds. The van der Waals surface area contributed by atoms with Gasteiger partial charge in [0.05, 0.1) is 18.8 Å². The van der Waals surface area contributed by atoms with E-state index in [4.69, 9.17) is 4.74 Å². The smallest absolute Gasteiger partial charge is 0.254 e. The van der Waals surface area contributed by atoms with Gasteiger partial charge in [-0.05, 0) is 56.8 Å². The number of aromatic nitrogens is 1. The van der Waals surface area contributed by atoms with Gasteiger partial charge in [-0.2, -0.15) is 0 Å². The topological polar surface area (TPSA) is 45.7 Å². The third kappa shape index (κ3) is 3.85. The van der Waals surface area contributed by atoms with E-state index < -0.39 is 5.82 Å². The van der Waals surface area contributed by atoms with E-state index in [-0.39, 0.29) is 17.7 Å². The first-order chi connectivity index (χ1) is 12.5. The van der Waals surface area contributed by atoms with Gasteiger partial charge in [0.2, 0.25) is 0 Å². The molecule has 1 aliphatic rings. The molecule has 1 aromatic heterocycles. The lowest BCUT2D eigenvalue weighted by Gasteiger charge is -2.25. The predicted octanol–water partition coefficient (Wildman–Crippen LogP) is 3.27. The lowest BCUT2D eigenvalue weighted by Crippen LogP contribution is -2.31. The number of methoxy groups -OCH3 is 1. The molecule has 1 aliphatic heterocycles. The highest BCUT2D eigenvalue weighted by molar-refractivity contribution is 5.94. The van der Waals surface area contributed by atoms with Gasteiger partial charge in [-0.15, -0.1) is 0 Å². The summed E-state index contributed by atoms with van der Waals surface area (Å²) in [6.45, 7) is 1.48. The van der Waals surface area contributed by atoms with Crippen molar-refractivity contribution in [3.05, 3.63) is 59.2 Å². The summed E-state index contributed by atoms with van der Waals surface area (Å²) < 4.78 is 18.9. The predicted molar refractivity (Wildman–Crippen MR) is 97.6 cm³/mol. The highest BCUT2D eigenvalue weighted by Crippen LogP contribution is 2.32. The fourth-order valence-corrected chi connectivity index (χ4v) is 3.37. The van der Waals surface area contributed by atoms with Gasteiger partial charge in [-0.25, -0.2) is 4.39 Å². The quantitative estimate of drug-likeness (QED) is 0.824. The van der Waals surface area contributed by atoms with E-state index in [9.17, 15) is 9.18 Å². The summed E-state index contributed by atoms with van der Waals surface area (Å²) >= 11 is 0. The average molecular weight is 357 g/mol. The van der Waals surface area contributed by atoms with E-state index in [2.05, 4.69) is 16.0 Å². The summed E-state index contributed by atoms with van der Waals surface area (Å²) in [5.41, 5.74) is 2.35. The first-order valence-electron chi connectivity index (χ1n) is 8.73. The van der Waals surface area contributed by atoms with Gasteiger partial charge in [0, 0.05) is 24.8 Å². The average Bonchev–Trinajstić information content (AvgIpc) is 3.11. The Balaban J connectivity index is 1.79. The van der Waals surface area contributed by atoms with E-state index in [1.807, 2.05) is 26.4 Å². The van der Waals surface area contributed by atoms with Crippen LogP contribution in [-0.4, -0.2) is 48.4 Å². The molecule has 1 aromatic carbocycles. The Morgan fingerprint density at radius 1 is 1.35 bits per heavy atom. The molecule has 0 aliphatic carbocycles. The van der Waals surface area contributed by atoms with Crippen LogP contribution in [0.15, 0.2) is 36.5 Å². The Hall–Kier alpha value is -2.47. The summed E-state index contributed by atoms with van der Waals surface area (Å²) in [5.74, 6) is -0.564. The number of amides is 1. The van der Waals surface area contributed by atoms with Gasteiger partial charge in [0.15, 0.2) is 11.6 Å². The molecule has 3 rings (SSSR count). The molecule has 0 spiro atoms. The lowest BCUT2D eigenvalue weighted by atomic mass is 10.1. The van der Waals surface area contributed by atoms with E-state index in [0.29, 0.717) is 12.1 Å². The normalized spacial score (nSPS) is 17.0. The number of benzene rings is 1. The van der Waals surface area contributed by atoms with Gasteiger partial charge in [0.25, 0.3) is 5.91 Å². The molecule has 2 aromatic rings. The number of halogens is 1. The Labute approximate surface area is 153 Å². The van der Waals surface area contributed by atoms with Crippen molar-refractivity contribution < 1.29 is 13.9 Å². The largest absolute Gasteiger partial charge is 0.494 e. The van der Waals surface area contributed by atoms with Crippen molar-refractivity contribution in [1.82, 2.24) is 14.8 Å². The zero-order valence-electron chi connectivity index (χ0n) is 15.4. The SMILES string of the molecule is COc1ccc(C(=O)N2CCCC2c2ccc(CN(C)C)cn2)cc1F. The van der Waals surface area contributed by atoms with E-state index in [1.165, 1.54) is 19.2 Å². The van der Waals surface area contributed by atoms with Crippen LogP contribution < -0.4 is 4.74 Å². The van der Waals surface area contributed by atoms with Crippen molar-refractivity contribution in [2.45, 2.75) is 25.4 Å². The van der Waals surface area contributed by atoms with Crippen LogP contribution in [0.2, 0.25) is 0 Å². The van der Waals surface area contributed by atoms with Gasteiger partial charge >= 0.3 is 0 Å². The Kier molecular flexibility index (Phi) is 5.52. The van der Waals surface area contributed by atoms with Gasteiger partial charge in [-0.3, -0.25) is 9.78 Å². The number of ether oxygens (including phenoxy) is 1. The molecule has 138 valence electrons. The van der Waals surface area contributed by atoms with Gasteiger partial charge < -0.3 is 14.5 Å². The number of carbonyl (C=O) groups excluding carboxylic acids is 1. The summed E-state index contributed by atoms with van der Waals surface area (Å²) in [7, 11) is 5.43. The first kappa shape index (κ1) is 18.3. The fraction of sp³-hybridized carbons (Fsp3) is 0.400. The van der Waals surface area contributed by atoms with Crippen LogP contribution in [0.4, 0.5) is 4.39 Å². The molecule has 2 heterocycles. The number of nitrogens with zero attached hydrogens (tertiary/aromatic N) is 3. The van der Waals surface area contributed by atoms with Crippen molar-refractivity contribution in [2.24, 2.45) is 0 Å². The molecule has 26 heavy (non-hydrogen) atoms. The maximum absolute atomic E-state index is 14.0.